The number of hydrogen-bond donors (Lipinski definition) is 1. The van der Waals surface area contributed by atoms with Gasteiger partial charge in [-0.2, -0.15) is 0 Å². The quantitative estimate of drug-likeness (QED) is 0.920. The number of fused-ring (bicyclic) bond motifs is 1. The lowest BCUT2D eigenvalue weighted by molar-refractivity contribution is -0.279. The number of carbonyl (C=O) groups is 1. The molecule has 0 aliphatic heterocycles. The van der Waals surface area contributed by atoms with Crippen molar-refractivity contribution in [2.24, 2.45) is 7.05 Å². The van der Waals surface area contributed by atoms with E-state index in [9.17, 15) is 14.7 Å². The molecule has 0 fully saturated rings. The Morgan fingerprint density at radius 3 is 2.52 bits per heavy atom. The first-order valence-corrected chi connectivity index (χ1v) is 7.79. The number of aryl methyl sites for hydroxylation is 1. The number of nitrogens with one attached hydrogen (secondary N) is 1. The molecule has 23 heavy (non-hydrogen) atoms. The van der Waals surface area contributed by atoms with E-state index in [1.807, 2.05) is 25.1 Å². The van der Waals surface area contributed by atoms with Gasteiger partial charge in [0, 0.05) is 18.3 Å². The van der Waals surface area contributed by atoms with Crippen LogP contribution in [-0.4, -0.2) is 10.5 Å². The van der Waals surface area contributed by atoms with Crippen LogP contribution in [-0.2, 0) is 19.9 Å². The van der Waals surface area contributed by atoms with Crippen molar-refractivity contribution in [1.82, 2.24) is 4.57 Å². The van der Waals surface area contributed by atoms with Gasteiger partial charge < -0.3 is 15.0 Å². The maximum absolute atomic E-state index is 12.7. The van der Waals surface area contributed by atoms with E-state index in [2.05, 4.69) is 5.32 Å². The largest absolute Gasteiger partial charge is 0.859 e. The Morgan fingerprint density at radius 2 is 1.83 bits per heavy atom. The molecule has 3 rings (SSSR count). The summed E-state index contributed by atoms with van der Waals surface area (Å²) in [6.07, 6.45) is 3.05. The second-order valence-corrected chi connectivity index (χ2v) is 5.98. The number of para-hydroxylation sites is 1. The summed E-state index contributed by atoms with van der Waals surface area (Å²) in [4.78, 5) is 24.9. The Bertz CT molecular complexity index is 837. The second kappa shape index (κ2) is 5.91. The van der Waals surface area contributed by atoms with Crippen molar-refractivity contribution in [3.8, 4) is 5.88 Å². The number of nitrogens with zero attached hydrogens (tertiary/aromatic N) is 1. The topological polar surface area (TPSA) is 74.2 Å². The van der Waals surface area contributed by atoms with E-state index in [1.54, 1.807) is 6.07 Å². The van der Waals surface area contributed by atoms with Crippen molar-refractivity contribution in [2.75, 3.05) is 5.32 Å². The molecule has 0 spiro atoms. The monoisotopic (exact) mass is 311 g/mol. The first-order valence-electron chi connectivity index (χ1n) is 7.79. The van der Waals surface area contributed by atoms with E-state index < -0.39 is 11.8 Å². The van der Waals surface area contributed by atoms with E-state index in [0.717, 1.165) is 23.0 Å². The van der Waals surface area contributed by atoms with Gasteiger partial charge >= 0.3 is 0 Å². The molecule has 0 unspecified atom stereocenters. The molecule has 0 bridgehead atoms. The molecule has 120 valence electrons. The molecule has 0 saturated heterocycles. The normalized spacial score (nSPS) is 13.5. The molecule has 0 radical (unpaired) electrons. The van der Waals surface area contributed by atoms with Gasteiger partial charge in [0.15, 0.2) is 0 Å². The van der Waals surface area contributed by atoms with Crippen LogP contribution in [0, 0.1) is 6.92 Å². The Labute approximate surface area is 134 Å². The fourth-order valence-electron chi connectivity index (χ4n) is 3.14. The van der Waals surface area contributed by atoms with Gasteiger partial charge in [0.1, 0.15) is 0 Å². The van der Waals surface area contributed by atoms with Crippen LogP contribution >= 0.6 is 0 Å². The molecular formula is C18H19N2O3-. The third kappa shape index (κ3) is 2.63. The molecule has 0 saturated carbocycles. The molecule has 1 aliphatic rings. The van der Waals surface area contributed by atoms with E-state index >= 15 is 0 Å². The summed E-state index contributed by atoms with van der Waals surface area (Å²) in [5.74, 6) is -0.945. The number of pyridine rings is 1. The highest BCUT2D eigenvalue weighted by atomic mass is 16.3. The maximum atomic E-state index is 12.7. The number of rotatable bonds is 2. The van der Waals surface area contributed by atoms with E-state index in [0.29, 0.717) is 29.7 Å². The Balaban J connectivity index is 2.09. The number of aromatic nitrogens is 1. The van der Waals surface area contributed by atoms with E-state index in [1.165, 1.54) is 7.05 Å². The minimum atomic E-state index is -0.512. The van der Waals surface area contributed by atoms with Gasteiger partial charge in [0.25, 0.3) is 11.5 Å². The smallest absolute Gasteiger partial charge is 0.256 e. The van der Waals surface area contributed by atoms with Crippen LogP contribution in [0.2, 0.25) is 0 Å². The average Bonchev–Trinajstić information content (AvgIpc) is 2.55. The SMILES string of the molecule is Cc1ccccc1NC(=O)c1c2c(c(=O)n(C)c1[O-])CCCC2. The lowest BCUT2D eigenvalue weighted by Crippen LogP contribution is -2.32. The third-order valence-electron chi connectivity index (χ3n) is 4.47. The fraction of sp³-hybridized carbons (Fsp3) is 0.333. The molecule has 0 atom stereocenters. The molecule has 1 amide bonds. The van der Waals surface area contributed by atoms with Crippen LogP contribution in [0.5, 0.6) is 5.88 Å². The first-order chi connectivity index (χ1) is 11.0. The average molecular weight is 311 g/mol. The van der Waals surface area contributed by atoms with Crippen molar-refractivity contribution in [2.45, 2.75) is 32.6 Å². The summed E-state index contributed by atoms with van der Waals surface area (Å²) in [5.41, 5.74) is 2.70. The number of carbonyl (C=O) groups excluding carboxylic acids is 1. The molecule has 1 heterocycles. The first kappa shape index (κ1) is 15.3. The van der Waals surface area contributed by atoms with Crippen LogP contribution < -0.4 is 16.0 Å². The molecule has 1 aromatic heterocycles. The number of anilines is 1. The summed E-state index contributed by atoms with van der Waals surface area (Å²) in [6.45, 7) is 1.89. The van der Waals surface area contributed by atoms with Crippen LogP contribution in [0.25, 0.3) is 0 Å². The van der Waals surface area contributed by atoms with Gasteiger partial charge in [-0.3, -0.25) is 9.59 Å². The minimum absolute atomic E-state index is 0.116. The highest BCUT2D eigenvalue weighted by molar-refractivity contribution is 6.07. The zero-order chi connectivity index (χ0) is 16.6. The molecule has 5 nitrogen and oxygen atoms in total. The van der Waals surface area contributed by atoms with Gasteiger partial charge in [-0.25, -0.2) is 0 Å². The van der Waals surface area contributed by atoms with Crippen molar-refractivity contribution in [3.63, 3.8) is 0 Å². The maximum Gasteiger partial charge on any atom is 0.256 e. The number of hydrogen-bond acceptors (Lipinski definition) is 3. The lowest BCUT2D eigenvalue weighted by Gasteiger charge is -2.26. The van der Waals surface area contributed by atoms with Gasteiger partial charge in [0.05, 0.1) is 5.56 Å². The van der Waals surface area contributed by atoms with Crippen LogP contribution in [0.1, 0.15) is 39.9 Å². The molecule has 5 heteroatoms. The van der Waals surface area contributed by atoms with Crippen molar-refractivity contribution in [3.05, 3.63) is 56.9 Å². The molecule has 2 aromatic rings. The van der Waals surface area contributed by atoms with Gasteiger partial charge in [0.2, 0.25) is 0 Å². The standard InChI is InChI=1S/C18H20N2O3/c1-11-7-3-6-10-14(11)19-16(21)15-12-8-4-5-9-13(12)17(22)20(2)18(15)23/h3,6-7,10,23H,4-5,8-9H2,1-2H3,(H,19,21)/p-1. The molecular weight excluding hydrogens is 292 g/mol. The summed E-state index contributed by atoms with van der Waals surface area (Å²) in [5, 5.41) is 15.3. The van der Waals surface area contributed by atoms with Crippen molar-refractivity contribution < 1.29 is 9.90 Å². The van der Waals surface area contributed by atoms with Gasteiger partial charge in [-0.1, -0.05) is 18.2 Å². The molecule has 1 aliphatic carbocycles. The van der Waals surface area contributed by atoms with Crippen molar-refractivity contribution in [1.29, 1.82) is 0 Å². The predicted octanol–water partition coefficient (Wildman–Crippen LogP) is 1.90. The summed E-state index contributed by atoms with van der Waals surface area (Å²) in [6, 6.07) is 7.41. The van der Waals surface area contributed by atoms with Gasteiger partial charge in [-0.05, 0) is 55.7 Å². The van der Waals surface area contributed by atoms with Crippen LogP contribution in [0.3, 0.4) is 0 Å². The molecule has 1 aromatic carbocycles. The fourth-order valence-corrected chi connectivity index (χ4v) is 3.14. The van der Waals surface area contributed by atoms with Crippen LogP contribution in [0.4, 0.5) is 5.69 Å². The summed E-state index contributed by atoms with van der Waals surface area (Å²) in [7, 11) is 1.43. The van der Waals surface area contributed by atoms with Crippen molar-refractivity contribution >= 4 is 11.6 Å². The Hall–Kier alpha value is -2.56. The Kier molecular flexibility index (Phi) is 3.94. The highest BCUT2D eigenvalue weighted by Gasteiger charge is 2.23. The Morgan fingerprint density at radius 1 is 1.17 bits per heavy atom. The minimum Gasteiger partial charge on any atom is -0.859 e. The zero-order valence-electron chi connectivity index (χ0n) is 13.3. The van der Waals surface area contributed by atoms with Crippen LogP contribution in [0.15, 0.2) is 29.1 Å². The summed E-state index contributed by atoms with van der Waals surface area (Å²) >= 11 is 0. The second-order valence-electron chi connectivity index (χ2n) is 5.98. The highest BCUT2D eigenvalue weighted by Crippen LogP contribution is 2.27. The summed E-state index contributed by atoms with van der Waals surface area (Å²) < 4.78 is 1.05. The van der Waals surface area contributed by atoms with Gasteiger partial charge in [-0.15, -0.1) is 0 Å². The number of benzene rings is 1. The predicted molar refractivity (Wildman–Crippen MR) is 86.9 cm³/mol. The zero-order valence-corrected chi connectivity index (χ0v) is 13.3. The van der Waals surface area contributed by atoms with E-state index in [4.69, 9.17) is 0 Å². The molecule has 1 N–H and O–H groups in total. The third-order valence-corrected chi connectivity index (χ3v) is 4.47. The lowest BCUT2D eigenvalue weighted by atomic mass is 9.89. The number of amides is 1. The van der Waals surface area contributed by atoms with E-state index in [-0.39, 0.29) is 11.1 Å².